The van der Waals surface area contributed by atoms with Crippen molar-refractivity contribution < 1.29 is 19.0 Å². The van der Waals surface area contributed by atoms with Crippen LogP contribution in [0.4, 0.5) is 0 Å². The van der Waals surface area contributed by atoms with E-state index in [1.165, 1.54) is 0 Å². The molecule has 2 aliphatic heterocycles. The molecule has 2 heterocycles. The first-order chi connectivity index (χ1) is 5.98. The summed E-state index contributed by atoms with van der Waals surface area (Å²) in [6.45, 7) is 5.39. The maximum absolute atomic E-state index is 11.3. The van der Waals surface area contributed by atoms with E-state index in [0.29, 0.717) is 6.42 Å². The van der Waals surface area contributed by atoms with Crippen LogP contribution in [0, 0.1) is 0 Å². The van der Waals surface area contributed by atoms with Gasteiger partial charge in [-0.3, -0.25) is 4.79 Å². The van der Waals surface area contributed by atoms with Gasteiger partial charge in [-0.15, -0.1) is 0 Å². The Hall–Kier alpha value is -0.450. The van der Waals surface area contributed by atoms with E-state index in [1.807, 2.05) is 13.8 Å². The predicted molar refractivity (Wildman–Crippen MR) is 44.0 cm³/mol. The molecule has 0 spiro atoms. The van der Waals surface area contributed by atoms with Crippen LogP contribution in [0.25, 0.3) is 0 Å². The smallest absolute Gasteiger partial charge is 0.188 e. The molecule has 2 saturated heterocycles. The number of hydrogen-bond donors (Lipinski definition) is 0. The third kappa shape index (κ3) is 1.61. The highest BCUT2D eigenvalue weighted by Crippen LogP contribution is 2.34. The molecule has 0 aromatic rings. The normalized spacial score (nSPS) is 43.3. The molecule has 2 rings (SSSR count). The Bertz CT molecular complexity index is 236. The van der Waals surface area contributed by atoms with E-state index in [4.69, 9.17) is 14.2 Å². The van der Waals surface area contributed by atoms with Crippen molar-refractivity contribution in [2.75, 3.05) is 0 Å². The van der Waals surface area contributed by atoms with Crippen LogP contribution in [-0.4, -0.2) is 30.1 Å². The molecule has 0 saturated carbocycles. The minimum atomic E-state index is -0.625. The number of hydrogen-bond acceptors (Lipinski definition) is 4. The van der Waals surface area contributed by atoms with Gasteiger partial charge in [0.2, 0.25) is 0 Å². The minimum Gasteiger partial charge on any atom is -0.341 e. The monoisotopic (exact) mass is 186 g/mol. The maximum atomic E-state index is 11.3. The number of Topliss-reactive ketones (excluding diaryl/α,β-unsaturated/α-hetero) is 1. The van der Waals surface area contributed by atoms with Crippen LogP contribution in [0.3, 0.4) is 0 Å². The van der Waals surface area contributed by atoms with Crippen molar-refractivity contribution in [3.05, 3.63) is 0 Å². The standard InChI is InChI=1S/C9H14O4/c1-5-6(10)4-7-8(11-5)13-9(2,3)12-7/h5,7-8H,4H2,1-3H3/t5-,7+,8+/m0/s1. The quantitative estimate of drug-likeness (QED) is 0.562. The number of fused-ring (bicyclic) bond motifs is 1. The second kappa shape index (κ2) is 2.77. The zero-order chi connectivity index (χ0) is 9.64. The van der Waals surface area contributed by atoms with Crippen LogP contribution in [0.1, 0.15) is 27.2 Å². The Morgan fingerprint density at radius 2 is 2.08 bits per heavy atom. The fraction of sp³-hybridized carbons (Fsp3) is 0.889. The molecule has 4 heteroatoms. The minimum absolute atomic E-state index is 0.0857. The number of ether oxygens (including phenoxy) is 3. The molecule has 0 radical (unpaired) electrons. The second-order valence-corrected chi connectivity index (χ2v) is 3.99. The average molecular weight is 186 g/mol. The van der Waals surface area contributed by atoms with E-state index >= 15 is 0 Å². The summed E-state index contributed by atoms with van der Waals surface area (Å²) in [7, 11) is 0. The molecule has 3 atom stereocenters. The number of ketones is 1. The molecule has 0 aromatic carbocycles. The molecule has 2 aliphatic rings. The van der Waals surface area contributed by atoms with Gasteiger partial charge in [-0.2, -0.15) is 0 Å². The zero-order valence-electron chi connectivity index (χ0n) is 8.07. The first-order valence-electron chi connectivity index (χ1n) is 4.52. The van der Waals surface area contributed by atoms with Gasteiger partial charge in [-0.1, -0.05) is 0 Å². The molecular formula is C9H14O4. The van der Waals surface area contributed by atoms with Crippen molar-refractivity contribution >= 4 is 5.78 Å². The molecule has 0 bridgehead atoms. The topological polar surface area (TPSA) is 44.8 Å². The average Bonchev–Trinajstić information content (AvgIpc) is 2.24. The Kier molecular flexibility index (Phi) is 1.94. The molecular weight excluding hydrogens is 172 g/mol. The molecule has 0 unspecified atom stereocenters. The van der Waals surface area contributed by atoms with E-state index in [-0.39, 0.29) is 24.3 Å². The fourth-order valence-electron chi connectivity index (χ4n) is 1.70. The highest BCUT2D eigenvalue weighted by molar-refractivity contribution is 5.83. The molecule has 74 valence electrons. The summed E-state index contributed by atoms with van der Waals surface area (Å²) in [5.74, 6) is -0.540. The van der Waals surface area contributed by atoms with Crippen LogP contribution < -0.4 is 0 Å². The van der Waals surface area contributed by atoms with Crippen LogP contribution in [-0.2, 0) is 19.0 Å². The summed E-state index contributed by atoms with van der Waals surface area (Å²) in [5.41, 5.74) is 0. The summed E-state index contributed by atoms with van der Waals surface area (Å²) < 4.78 is 16.3. The molecule has 4 nitrogen and oxygen atoms in total. The van der Waals surface area contributed by atoms with Crippen molar-refractivity contribution in [1.29, 1.82) is 0 Å². The number of carbonyl (C=O) groups is 1. The lowest BCUT2D eigenvalue weighted by Gasteiger charge is -2.26. The van der Waals surface area contributed by atoms with Gasteiger partial charge in [0.15, 0.2) is 17.9 Å². The SMILES string of the molecule is C[C@@H]1O[C@@H]2OC(C)(C)O[C@@H]2CC1=O. The van der Waals surface area contributed by atoms with E-state index in [0.717, 1.165) is 0 Å². The highest BCUT2D eigenvalue weighted by atomic mass is 16.8. The van der Waals surface area contributed by atoms with Gasteiger partial charge in [-0.05, 0) is 20.8 Å². The van der Waals surface area contributed by atoms with Gasteiger partial charge in [0, 0.05) is 6.42 Å². The summed E-state index contributed by atoms with van der Waals surface area (Å²) in [6.07, 6.45) is -0.560. The molecule has 0 N–H and O–H groups in total. The van der Waals surface area contributed by atoms with E-state index in [2.05, 4.69) is 0 Å². The summed E-state index contributed by atoms with van der Waals surface area (Å²) in [6, 6.07) is 0. The van der Waals surface area contributed by atoms with E-state index in [1.54, 1.807) is 6.92 Å². The van der Waals surface area contributed by atoms with Gasteiger partial charge < -0.3 is 14.2 Å². The van der Waals surface area contributed by atoms with Crippen molar-refractivity contribution in [3.63, 3.8) is 0 Å². The third-order valence-electron chi connectivity index (χ3n) is 2.33. The van der Waals surface area contributed by atoms with Crippen molar-refractivity contribution in [3.8, 4) is 0 Å². The zero-order valence-corrected chi connectivity index (χ0v) is 8.07. The molecule has 0 aromatic heterocycles. The fourth-order valence-corrected chi connectivity index (χ4v) is 1.70. The van der Waals surface area contributed by atoms with Crippen LogP contribution in [0.15, 0.2) is 0 Å². The van der Waals surface area contributed by atoms with Crippen LogP contribution in [0.2, 0.25) is 0 Å². The van der Waals surface area contributed by atoms with E-state index in [9.17, 15) is 4.79 Å². The molecule has 0 aliphatic carbocycles. The Labute approximate surface area is 77.1 Å². The van der Waals surface area contributed by atoms with E-state index < -0.39 is 5.79 Å². The van der Waals surface area contributed by atoms with Gasteiger partial charge in [0.25, 0.3) is 0 Å². The largest absolute Gasteiger partial charge is 0.341 e. The molecule has 13 heavy (non-hydrogen) atoms. The predicted octanol–water partition coefficient (Wildman–Crippen LogP) is 0.842. The number of carbonyl (C=O) groups excluding carboxylic acids is 1. The maximum Gasteiger partial charge on any atom is 0.188 e. The first-order valence-corrected chi connectivity index (χ1v) is 4.52. The molecule has 2 fully saturated rings. The second-order valence-electron chi connectivity index (χ2n) is 3.99. The lowest BCUT2D eigenvalue weighted by atomic mass is 10.1. The third-order valence-corrected chi connectivity index (χ3v) is 2.33. The van der Waals surface area contributed by atoms with Gasteiger partial charge in [0.05, 0.1) is 0 Å². The Morgan fingerprint density at radius 3 is 2.77 bits per heavy atom. The van der Waals surface area contributed by atoms with Crippen molar-refractivity contribution in [1.82, 2.24) is 0 Å². The van der Waals surface area contributed by atoms with Gasteiger partial charge >= 0.3 is 0 Å². The lowest BCUT2D eigenvalue weighted by Crippen LogP contribution is -2.41. The number of rotatable bonds is 0. The molecule has 0 amide bonds. The van der Waals surface area contributed by atoms with Gasteiger partial charge in [-0.25, -0.2) is 0 Å². The lowest BCUT2D eigenvalue weighted by molar-refractivity contribution is -0.206. The van der Waals surface area contributed by atoms with Crippen LogP contribution >= 0.6 is 0 Å². The Morgan fingerprint density at radius 1 is 1.38 bits per heavy atom. The Balaban J connectivity index is 2.10. The summed E-state index contributed by atoms with van der Waals surface area (Å²) in [5, 5.41) is 0. The first kappa shape index (κ1) is 9.12. The van der Waals surface area contributed by atoms with Crippen LogP contribution in [0.5, 0.6) is 0 Å². The van der Waals surface area contributed by atoms with Gasteiger partial charge in [0.1, 0.15) is 12.2 Å². The summed E-state index contributed by atoms with van der Waals surface area (Å²) in [4.78, 5) is 11.3. The van der Waals surface area contributed by atoms with Crippen molar-refractivity contribution in [2.24, 2.45) is 0 Å². The summed E-state index contributed by atoms with van der Waals surface area (Å²) >= 11 is 0. The van der Waals surface area contributed by atoms with Crippen molar-refractivity contribution in [2.45, 2.75) is 51.5 Å². The highest BCUT2D eigenvalue weighted by Gasteiger charge is 2.47.